The third-order valence-electron chi connectivity index (χ3n) is 2.55. The van der Waals surface area contributed by atoms with Crippen LogP contribution in [0.25, 0.3) is 0 Å². The van der Waals surface area contributed by atoms with E-state index in [0.29, 0.717) is 9.50 Å². The molecule has 0 fully saturated rings. The van der Waals surface area contributed by atoms with Crippen LogP contribution >= 0.6 is 27.5 Å². The van der Waals surface area contributed by atoms with Crippen molar-refractivity contribution in [3.8, 4) is 6.07 Å². The standard InChI is InChI=1S/C13H7BrClFN2O2S/c14-10-5-4-8(6-11(10)15)18-21(19,20)13-3-1-2-12(16)9(13)7-17/h1-6,18H. The molecule has 0 aliphatic carbocycles. The van der Waals surface area contributed by atoms with E-state index in [1.807, 2.05) is 0 Å². The zero-order chi connectivity index (χ0) is 15.6. The molecule has 4 nitrogen and oxygen atoms in total. The second-order valence-electron chi connectivity index (χ2n) is 3.96. The minimum Gasteiger partial charge on any atom is -0.280 e. The smallest absolute Gasteiger partial charge is 0.263 e. The van der Waals surface area contributed by atoms with E-state index in [-0.39, 0.29) is 5.69 Å². The highest BCUT2D eigenvalue weighted by Crippen LogP contribution is 2.27. The number of hydrogen-bond acceptors (Lipinski definition) is 3. The van der Waals surface area contributed by atoms with Crippen LogP contribution in [0.5, 0.6) is 0 Å². The summed E-state index contributed by atoms with van der Waals surface area (Å²) in [5.41, 5.74) is -0.329. The third-order valence-corrected chi connectivity index (χ3v) is 5.20. The molecule has 2 aromatic carbocycles. The van der Waals surface area contributed by atoms with Crippen molar-refractivity contribution in [2.24, 2.45) is 0 Å². The number of hydrogen-bond donors (Lipinski definition) is 1. The number of sulfonamides is 1. The van der Waals surface area contributed by atoms with Gasteiger partial charge in [-0.1, -0.05) is 17.7 Å². The molecule has 0 heterocycles. The van der Waals surface area contributed by atoms with Crippen molar-refractivity contribution in [2.45, 2.75) is 4.90 Å². The summed E-state index contributed by atoms with van der Waals surface area (Å²) in [5.74, 6) is -0.894. The Hall–Kier alpha value is -1.62. The van der Waals surface area contributed by atoms with Gasteiger partial charge in [0, 0.05) is 4.47 Å². The van der Waals surface area contributed by atoms with Crippen LogP contribution in [0.4, 0.5) is 10.1 Å². The number of benzene rings is 2. The monoisotopic (exact) mass is 388 g/mol. The van der Waals surface area contributed by atoms with Crippen LogP contribution in [-0.2, 0) is 10.0 Å². The van der Waals surface area contributed by atoms with Gasteiger partial charge in [0.2, 0.25) is 0 Å². The van der Waals surface area contributed by atoms with E-state index >= 15 is 0 Å². The number of nitriles is 1. The predicted octanol–water partition coefficient (Wildman–Crippen LogP) is 3.91. The first-order valence-corrected chi connectivity index (χ1v) is 8.17. The Morgan fingerprint density at radius 3 is 2.62 bits per heavy atom. The van der Waals surface area contributed by atoms with Gasteiger partial charge < -0.3 is 0 Å². The molecule has 108 valence electrons. The maximum absolute atomic E-state index is 13.5. The van der Waals surface area contributed by atoms with Crippen molar-refractivity contribution >= 4 is 43.2 Å². The third kappa shape index (κ3) is 3.35. The quantitative estimate of drug-likeness (QED) is 0.865. The average Bonchev–Trinajstić information content (AvgIpc) is 2.42. The van der Waals surface area contributed by atoms with E-state index in [2.05, 4.69) is 20.7 Å². The Balaban J connectivity index is 2.46. The van der Waals surface area contributed by atoms with Crippen molar-refractivity contribution in [1.29, 1.82) is 5.26 Å². The second kappa shape index (κ2) is 6.02. The topological polar surface area (TPSA) is 70.0 Å². The van der Waals surface area contributed by atoms with Crippen molar-refractivity contribution in [2.75, 3.05) is 4.72 Å². The van der Waals surface area contributed by atoms with Crippen LogP contribution in [-0.4, -0.2) is 8.42 Å². The Morgan fingerprint density at radius 2 is 2.00 bits per heavy atom. The van der Waals surface area contributed by atoms with Crippen LogP contribution < -0.4 is 4.72 Å². The SMILES string of the molecule is N#Cc1c(F)cccc1S(=O)(=O)Nc1ccc(Br)c(Cl)c1. The highest BCUT2D eigenvalue weighted by atomic mass is 79.9. The summed E-state index contributed by atoms with van der Waals surface area (Å²) in [6.45, 7) is 0. The molecular formula is C13H7BrClFN2O2S. The van der Waals surface area contributed by atoms with Gasteiger partial charge in [-0.25, -0.2) is 12.8 Å². The van der Waals surface area contributed by atoms with Crippen molar-refractivity contribution in [3.63, 3.8) is 0 Å². The molecule has 2 rings (SSSR count). The normalized spacial score (nSPS) is 11.0. The van der Waals surface area contributed by atoms with Gasteiger partial charge in [-0.2, -0.15) is 5.26 Å². The lowest BCUT2D eigenvalue weighted by Crippen LogP contribution is -2.15. The molecule has 0 bridgehead atoms. The molecule has 8 heteroatoms. The van der Waals surface area contributed by atoms with Crippen molar-refractivity contribution in [1.82, 2.24) is 0 Å². The van der Waals surface area contributed by atoms with Crippen LogP contribution in [0.3, 0.4) is 0 Å². The van der Waals surface area contributed by atoms with Crippen LogP contribution in [0.1, 0.15) is 5.56 Å². The average molecular weight is 390 g/mol. The van der Waals surface area contributed by atoms with E-state index in [4.69, 9.17) is 16.9 Å². The molecule has 0 unspecified atom stereocenters. The van der Waals surface area contributed by atoms with E-state index in [0.717, 1.165) is 12.1 Å². The number of rotatable bonds is 3. The first-order chi connectivity index (χ1) is 9.85. The number of nitrogens with one attached hydrogen (secondary N) is 1. The molecule has 1 N–H and O–H groups in total. The largest absolute Gasteiger partial charge is 0.280 e. The summed E-state index contributed by atoms with van der Waals surface area (Å²) in [5, 5.41) is 9.21. The van der Waals surface area contributed by atoms with E-state index in [9.17, 15) is 12.8 Å². The molecule has 0 aliphatic heterocycles. The fraction of sp³-hybridized carbons (Fsp3) is 0. The summed E-state index contributed by atoms with van der Waals surface area (Å²) >= 11 is 9.06. The summed E-state index contributed by atoms with van der Waals surface area (Å²) < 4.78 is 40.8. The Kier molecular flexibility index (Phi) is 4.52. The van der Waals surface area contributed by atoms with E-state index in [1.54, 1.807) is 12.1 Å². The van der Waals surface area contributed by atoms with Crippen LogP contribution in [0.15, 0.2) is 45.8 Å². The summed E-state index contributed by atoms with van der Waals surface area (Å²) in [6.07, 6.45) is 0. The zero-order valence-electron chi connectivity index (χ0n) is 10.3. The molecule has 0 saturated carbocycles. The minimum absolute atomic E-state index is 0.205. The molecule has 0 radical (unpaired) electrons. The van der Waals surface area contributed by atoms with Crippen molar-refractivity contribution < 1.29 is 12.8 Å². The number of anilines is 1. The van der Waals surface area contributed by atoms with E-state index in [1.165, 1.54) is 18.2 Å². The molecule has 21 heavy (non-hydrogen) atoms. The number of halogens is 3. The highest BCUT2D eigenvalue weighted by molar-refractivity contribution is 9.10. The van der Waals surface area contributed by atoms with Gasteiger partial charge in [-0.05, 0) is 46.3 Å². The lowest BCUT2D eigenvalue weighted by Gasteiger charge is -2.10. The molecule has 0 spiro atoms. The first kappa shape index (κ1) is 15.8. The lowest BCUT2D eigenvalue weighted by atomic mass is 10.2. The predicted molar refractivity (Wildman–Crippen MR) is 81.1 cm³/mol. The van der Waals surface area contributed by atoms with Gasteiger partial charge in [-0.3, -0.25) is 4.72 Å². The minimum atomic E-state index is -4.09. The highest BCUT2D eigenvalue weighted by Gasteiger charge is 2.21. The van der Waals surface area contributed by atoms with Gasteiger partial charge in [0.15, 0.2) is 0 Å². The maximum atomic E-state index is 13.5. The van der Waals surface area contributed by atoms with Gasteiger partial charge in [0.05, 0.1) is 10.7 Å². The van der Waals surface area contributed by atoms with Gasteiger partial charge in [0.1, 0.15) is 22.3 Å². The summed E-state index contributed by atoms with van der Waals surface area (Å²) in [7, 11) is -4.09. The second-order valence-corrected chi connectivity index (χ2v) is 6.87. The molecule has 0 atom stereocenters. The van der Waals surface area contributed by atoms with Crippen molar-refractivity contribution in [3.05, 3.63) is 57.3 Å². The molecule has 0 aromatic heterocycles. The summed E-state index contributed by atoms with van der Waals surface area (Å²) in [6, 6.07) is 9.40. The first-order valence-electron chi connectivity index (χ1n) is 5.51. The Labute approximate surface area is 134 Å². The lowest BCUT2D eigenvalue weighted by molar-refractivity contribution is 0.593. The maximum Gasteiger partial charge on any atom is 0.263 e. The molecule has 0 amide bonds. The van der Waals surface area contributed by atoms with Gasteiger partial charge in [0.25, 0.3) is 10.0 Å². The fourth-order valence-electron chi connectivity index (χ4n) is 1.61. The zero-order valence-corrected chi connectivity index (χ0v) is 13.4. The van der Waals surface area contributed by atoms with E-state index < -0.39 is 26.3 Å². The molecule has 0 aliphatic rings. The molecule has 2 aromatic rings. The molecular weight excluding hydrogens is 383 g/mol. The van der Waals surface area contributed by atoms with Crippen LogP contribution in [0, 0.1) is 17.1 Å². The fourth-order valence-corrected chi connectivity index (χ4v) is 3.25. The van der Waals surface area contributed by atoms with Gasteiger partial charge in [-0.15, -0.1) is 0 Å². The Bertz CT molecular complexity index is 850. The van der Waals surface area contributed by atoms with Crippen LogP contribution in [0.2, 0.25) is 5.02 Å². The Morgan fingerprint density at radius 1 is 1.29 bits per heavy atom. The molecule has 0 saturated heterocycles. The number of nitrogens with zero attached hydrogens (tertiary/aromatic N) is 1. The van der Waals surface area contributed by atoms with Gasteiger partial charge >= 0.3 is 0 Å². The summed E-state index contributed by atoms with van der Waals surface area (Å²) in [4.78, 5) is -0.427.